The molecular weight excluding hydrogens is 364 g/mol. The summed E-state index contributed by atoms with van der Waals surface area (Å²) in [6.07, 6.45) is 1.59. The van der Waals surface area contributed by atoms with Crippen LogP contribution >= 0.6 is 0 Å². The van der Waals surface area contributed by atoms with Gasteiger partial charge in [0.2, 0.25) is 5.95 Å². The highest BCUT2D eigenvalue weighted by Crippen LogP contribution is 2.21. The summed E-state index contributed by atoms with van der Waals surface area (Å²) in [7, 11) is 0. The molecule has 3 aromatic rings. The Kier molecular flexibility index (Phi) is 5.37. The third-order valence-electron chi connectivity index (χ3n) is 5.02. The number of benzene rings is 2. The van der Waals surface area contributed by atoms with Crippen molar-refractivity contribution in [3.8, 4) is 0 Å². The van der Waals surface area contributed by atoms with Gasteiger partial charge in [-0.3, -0.25) is 4.79 Å². The summed E-state index contributed by atoms with van der Waals surface area (Å²) in [5.74, 6) is 1.25. The van der Waals surface area contributed by atoms with Gasteiger partial charge in [-0.25, -0.2) is 0 Å². The Morgan fingerprint density at radius 1 is 1.00 bits per heavy atom. The second-order valence-electron chi connectivity index (χ2n) is 7.22. The van der Waals surface area contributed by atoms with Crippen LogP contribution in [-0.2, 0) is 0 Å². The van der Waals surface area contributed by atoms with E-state index >= 15 is 0 Å². The number of ketones is 1. The number of aryl methyl sites for hydroxylation is 1. The first kappa shape index (κ1) is 18.9. The van der Waals surface area contributed by atoms with E-state index in [4.69, 9.17) is 0 Å². The Morgan fingerprint density at radius 2 is 1.76 bits per heavy atom. The lowest BCUT2D eigenvalue weighted by Crippen LogP contribution is -2.47. The van der Waals surface area contributed by atoms with Crippen molar-refractivity contribution in [3.63, 3.8) is 0 Å². The number of carbonyl (C=O) groups is 1. The molecule has 1 aromatic heterocycles. The van der Waals surface area contributed by atoms with Crippen molar-refractivity contribution >= 4 is 28.9 Å². The van der Waals surface area contributed by atoms with Crippen molar-refractivity contribution in [2.24, 2.45) is 0 Å². The van der Waals surface area contributed by atoms with Gasteiger partial charge in [0.1, 0.15) is 0 Å². The summed E-state index contributed by atoms with van der Waals surface area (Å²) in [4.78, 5) is 20.7. The van der Waals surface area contributed by atoms with Crippen LogP contribution in [0, 0.1) is 6.92 Å². The molecule has 148 valence electrons. The summed E-state index contributed by atoms with van der Waals surface area (Å²) in [6, 6.07) is 15.9. The molecule has 29 heavy (non-hydrogen) atoms. The zero-order chi connectivity index (χ0) is 20.2. The fourth-order valence-corrected chi connectivity index (χ4v) is 3.44. The number of hydrogen-bond acceptors (Lipinski definition) is 7. The average Bonchev–Trinajstić information content (AvgIpc) is 2.74. The predicted octanol–water partition coefficient (Wildman–Crippen LogP) is 3.45. The molecule has 0 aliphatic carbocycles. The van der Waals surface area contributed by atoms with Gasteiger partial charge in [0.25, 0.3) is 0 Å². The van der Waals surface area contributed by atoms with E-state index in [2.05, 4.69) is 61.5 Å². The van der Waals surface area contributed by atoms with Crippen molar-refractivity contribution in [2.75, 3.05) is 41.3 Å². The van der Waals surface area contributed by atoms with E-state index in [0.29, 0.717) is 17.3 Å². The van der Waals surface area contributed by atoms with Crippen LogP contribution in [0.3, 0.4) is 0 Å². The predicted molar refractivity (Wildman–Crippen MR) is 115 cm³/mol. The molecule has 0 unspecified atom stereocenters. The van der Waals surface area contributed by atoms with Crippen LogP contribution < -0.4 is 15.1 Å². The highest BCUT2D eigenvalue weighted by atomic mass is 16.1. The van der Waals surface area contributed by atoms with Crippen LogP contribution in [0.1, 0.15) is 22.8 Å². The molecule has 0 atom stereocenters. The number of Topliss-reactive ketones (excluding diaryl/α,β-unsaturated/α-hetero) is 1. The largest absolute Gasteiger partial charge is 0.368 e. The number of nitrogens with zero attached hydrogens (tertiary/aromatic N) is 5. The summed E-state index contributed by atoms with van der Waals surface area (Å²) in [5, 5.41) is 11.5. The molecule has 7 heteroatoms. The van der Waals surface area contributed by atoms with Gasteiger partial charge in [0, 0.05) is 43.1 Å². The molecule has 2 heterocycles. The summed E-state index contributed by atoms with van der Waals surface area (Å²) in [5.41, 5.74) is 3.98. The average molecular weight is 388 g/mol. The molecule has 4 rings (SSSR count). The van der Waals surface area contributed by atoms with E-state index in [1.54, 1.807) is 19.2 Å². The second-order valence-corrected chi connectivity index (χ2v) is 7.22. The Bertz CT molecular complexity index is 1010. The fourth-order valence-electron chi connectivity index (χ4n) is 3.44. The number of anilines is 4. The third-order valence-corrected chi connectivity index (χ3v) is 5.02. The van der Waals surface area contributed by atoms with Crippen molar-refractivity contribution in [3.05, 3.63) is 65.9 Å². The van der Waals surface area contributed by atoms with E-state index in [1.165, 1.54) is 11.3 Å². The minimum absolute atomic E-state index is 0.0293. The van der Waals surface area contributed by atoms with E-state index in [9.17, 15) is 4.79 Å². The van der Waals surface area contributed by atoms with Crippen LogP contribution in [0.4, 0.5) is 23.1 Å². The molecule has 0 saturated carbocycles. The van der Waals surface area contributed by atoms with Crippen LogP contribution in [0.25, 0.3) is 0 Å². The molecule has 1 saturated heterocycles. The zero-order valence-corrected chi connectivity index (χ0v) is 16.7. The Hall–Kier alpha value is -3.48. The molecule has 1 fully saturated rings. The molecule has 2 aromatic carbocycles. The molecule has 0 radical (unpaired) electrons. The Labute approximate surface area is 170 Å². The number of aromatic nitrogens is 3. The normalized spacial score (nSPS) is 14.0. The van der Waals surface area contributed by atoms with E-state index < -0.39 is 0 Å². The highest BCUT2D eigenvalue weighted by molar-refractivity contribution is 5.95. The number of hydrogen-bond donors (Lipinski definition) is 1. The van der Waals surface area contributed by atoms with Gasteiger partial charge in [-0.15, -0.1) is 5.10 Å². The highest BCUT2D eigenvalue weighted by Gasteiger charge is 2.20. The van der Waals surface area contributed by atoms with Crippen molar-refractivity contribution in [1.82, 2.24) is 15.2 Å². The minimum Gasteiger partial charge on any atom is -0.368 e. The minimum atomic E-state index is 0.0293. The first-order valence-electron chi connectivity index (χ1n) is 9.73. The van der Waals surface area contributed by atoms with E-state index in [0.717, 1.165) is 31.9 Å². The summed E-state index contributed by atoms with van der Waals surface area (Å²) < 4.78 is 0. The zero-order valence-electron chi connectivity index (χ0n) is 16.7. The maximum atomic E-state index is 11.6. The fraction of sp³-hybridized carbons (Fsp3) is 0.273. The monoisotopic (exact) mass is 388 g/mol. The lowest BCUT2D eigenvalue weighted by molar-refractivity contribution is 0.101. The van der Waals surface area contributed by atoms with Gasteiger partial charge in [-0.05, 0) is 43.7 Å². The van der Waals surface area contributed by atoms with Crippen LogP contribution in [0.2, 0.25) is 0 Å². The number of rotatable bonds is 5. The summed E-state index contributed by atoms with van der Waals surface area (Å²) in [6.45, 7) is 7.15. The topological polar surface area (TPSA) is 74.2 Å². The van der Waals surface area contributed by atoms with Crippen LogP contribution in [0.15, 0.2) is 54.7 Å². The smallest absolute Gasteiger partial charge is 0.247 e. The quantitative estimate of drug-likeness (QED) is 0.671. The Balaban J connectivity index is 1.43. The first-order chi connectivity index (χ1) is 14.1. The van der Waals surface area contributed by atoms with Crippen molar-refractivity contribution in [2.45, 2.75) is 13.8 Å². The van der Waals surface area contributed by atoms with Crippen molar-refractivity contribution in [1.29, 1.82) is 0 Å². The molecule has 0 spiro atoms. The standard InChI is InChI=1S/C22H24N6O/c1-16-5-3-8-20(13-16)27-9-11-28(12-10-27)22-25-21(15-23-26-22)24-19-7-4-6-18(14-19)17(2)29/h3-8,13-15H,9-12H2,1-2H3,(H,24,25,26). The number of carbonyl (C=O) groups excluding carboxylic acids is 1. The summed E-state index contributed by atoms with van der Waals surface area (Å²) >= 11 is 0. The van der Waals surface area contributed by atoms with Gasteiger partial charge in [0.15, 0.2) is 11.6 Å². The molecule has 1 aliphatic heterocycles. The van der Waals surface area contributed by atoms with Crippen LogP contribution in [0.5, 0.6) is 0 Å². The maximum absolute atomic E-state index is 11.6. The Morgan fingerprint density at radius 3 is 2.52 bits per heavy atom. The van der Waals surface area contributed by atoms with Gasteiger partial charge < -0.3 is 15.1 Å². The lowest BCUT2D eigenvalue weighted by Gasteiger charge is -2.36. The molecule has 0 bridgehead atoms. The van der Waals surface area contributed by atoms with Gasteiger partial charge in [0.05, 0.1) is 6.20 Å². The molecule has 7 nitrogen and oxygen atoms in total. The van der Waals surface area contributed by atoms with Gasteiger partial charge in [-0.2, -0.15) is 10.1 Å². The van der Waals surface area contributed by atoms with E-state index in [-0.39, 0.29) is 5.78 Å². The molecule has 0 amide bonds. The lowest BCUT2D eigenvalue weighted by atomic mass is 10.1. The SMILES string of the molecule is CC(=O)c1cccc(Nc2cnnc(N3CCN(c4cccc(C)c4)CC3)n2)c1. The van der Waals surface area contributed by atoms with Crippen LogP contribution in [-0.4, -0.2) is 47.1 Å². The maximum Gasteiger partial charge on any atom is 0.247 e. The number of piperazine rings is 1. The first-order valence-corrected chi connectivity index (χ1v) is 9.73. The molecule has 1 aliphatic rings. The van der Waals surface area contributed by atoms with E-state index in [1.807, 2.05) is 18.2 Å². The molecule has 1 N–H and O–H groups in total. The second kappa shape index (κ2) is 8.26. The molecular formula is C22H24N6O. The number of nitrogens with one attached hydrogen (secondary N) is 1. The van der Waals surface area contributed by atoms with Crippen molar-refractivity contribution < 1.29 is 4.79 Å². The van der Waals surface area contributed by atoms with Gasteiger partial charge in [-0.1, -0.05) is 24.3 Å². The third kappa shape index (κ3) is 4.51. The van der Waals surface area contributed by atoms with Gasteiger partial charge >= 0.3 is 0 Å².